The van der Waals surface area contributed by atoms with Crippen molar-refractivity contribution in [2.45, 2.75) is 43.7 Å². The molecule has 152 valence electrons. The lowest BCUT2D eigenvalue weighted by Gasteiger charge is -2.28. The fourth-order valence-corrected chi connectivity index (χ4v) is 4.21. The molecule has 2 atom stereocenters. The second-order valence-electron chi connectivity index (χ2n) is 7.05. The number of sulfonamides is 1. The van der Waals surface area contributed by atoms with E-state index >= 15 is 0 Å². The Bertz CT molecular complexity index is 899. The van der Waals surface area contributed by atoms with Gasteiger partial charge >= 0.3 is 0 Å². The molecule has 28 heavy (non-hydrogen) atoms. The number of carbonyl (C=O) groups is 1. The van der Waals surface area contributed by atoms with Gasteiger partial charge in [-0.2, -0.15) is 0 Å². The number of piperidine rings is 1. The molecule has 6 nitrogen and oxygen atoms in total. The highest BCUT2D eigenvalue weighted by Gasteiger charge is 2.21. The van der Waals surface area contributed by atoms with Gasteiger partial charge in [0, 0.05) is 23.3 Å². The first-order valence-corrected chi connectivity index (χ1v) is 10.6. The van der Waals surface area contributed by atoms with Crippen LogP contribution in [0.5, 0.6) is 0 Å². The van der Waals surface area contributed by atoms with Crippen molar-refractivity contribution in [3.8, 4) is 0 Å². The Kier molecular flexibility index (Phi) is 7.46. The number of halogens is 1. The summed E-state index contributed by atoms with van der Waals surface area (Å²) in [6.07, 6.45) is 1.78. The van der Waals surface area contributed by atoms with Gasteiger partial charge in [0.15, 0.2) is 0 Å². The van der Waals surface area contributed by atoms with Crippen LogP contribution in [-0.2, 0) is 10.0 Å². The number of hydrogen-bond acceptors (Lipinski definition) is 4. The van der Waals surface area contributed by atoms with Crippen LogP contribution in [0.1, 0.15) is 35.7 Å². The Morgan fingerprint density at radius 3 is 2.32 bits per heavy atom. The summed E-state index contributed by atoms with van der Waals surface area (Å²) in [5.74, 6) is -0.176. The smallest absolute Gasteiger partial charge is 0.261 e. The molecule has 2 unspecified atom stereocenters. The van der Waals surface area contributed by atoms with Gasteiger partial charge in [0.25, 0.3) is 15.9 Å². The Morgan fingerprint density at radius 2 is 1.71 bits per heavy atom. The number of hydrogen-bond donors (Lipinski definition) is 3. The molecule has 0 saturated carbocycles. The third-order valence-electron chi connectivity index (χ3n) is 4.69. The minimum Gasteiger partial charge on any atom is -0.349 e. The molecule has 1 aliphatic rings. The summed E-state index contributed by atoms with van der Waals surface area (Å²) in [4.78, 5) is 12.5. The fourth-order valence-electron chi connectivity index (χ4n) is 3.15. The number of amides is 1. The predicted molar refractivity (Wildman–Crippen MR) is 114 cm³/mol. The normalized spacial score (nSPS) is 19.4. The SMILES string of the molecule is Cc1ccc(NS(=O)(=O)c2ccc(C(=O)NC3CCNC(C)C3)cc2)cc1.Cl. The molecule has 2 aromatic rings. The summed E-state index contributed by atoms with van der Waals surface area (Å²) in [7, 11) is -3.69. The summed E-state index contributed by atoms with van der Waals surface area (Å²) in [5.41, 5.74) is 2.01. The highest BCUT2D eigenvalue weighted by molar-refractivity contribution is 7.92. The molecular formula is C20H26ClN3O3S. The van der Waals surface area contributed by atoms with Gasteiger partial charge in [-0.25, -0.2) is 8.42 Å². The summed E-state index contributed by atoms with van der Waals surface area (Å²) < 4.78 is 27.5. The average molecular weight is 424 g/mol. The number of anilines is 1. The van der Waals surface area contributed by atoms with E-state index in [-0.39, 0.29) is 29.3 Å². The van der Waals surface area contributed by atoms with Gasteiger partial charge in [-0.3, -0.25) is 9.52 Å². The topological polar surface area (TPSA) is 87.3 Å². The van der Waals surface area contributed by atoms with Crippen LogP contribution >= 0.6 is 12.4 Å². The Labute approximate surface area is 172 Å². The molecule has 0 radical (unpaired) electrons. The lowest BCUT2D eigenvalue weighted by Crippen LogP contribution is -2.46. The minimum absolute atomic E-state index is 0. The van der Waals surface area contributed by atoms with E-state index in [2.05, 4.69) is 22.3 Å². The van der Waals surface area contributed by atoms with Crippen LogP contribution in [0.3, 0.4) is 0 Å². The first-order valence-electron chi connectivity index (χ1n) is 9.07. The van der Waals surface area contributed by atoms with Crippen molar-refractivity contribution in [3.63, 3.8) is 0 Å². The van der Waals surface area contributed by atoms with E-state index in [1.807, 2.05) is 19.1 Å². The summed E-state index contributed by atoms with van der Waals surface area (Å²) >= 11 is 0. The van der Waals surface area contributed by atoms with Crippen molar-refractivity contribution in [2.75, 3.05) is 11.3 Å². The highest BCUT2D eigenvalue weighted by atomic mass is 35.5. The van der Waals surface area contributed by atoms with Crippen molar-refractivity contribution < 1.29 is 13.2 Å². The first-order chi connectivity index (χ1) is 12.8. The predicted octanol–water partition coefficient (Wildman–Crippen LogP) is 3.09. The zero-order valence-corrected chi connectivity index (χ0v) is 17.6. The van der Waals surface area contributed by atoms with Crippen LogP contribution in [0, 0.1) is 6.92 Å². The quantitative estimate of drug-likeness (QED) is 0.689. The second kappa shape index (κ2) is 9.41. The van der Waals surface area contributed by atoms with Crippen molar-refractivity contribution >= 4 is 34.0 Å². The Morgan fingerprint density at radius 1 is 1.07 bits per heavy atom. The lowest BCUT2D eigenvalue weighted by molar-refractivity contribution is 0.0925. The number of carbonyl (C=O) groups excluding carboxylic acids is 1. The molecule has 3 N–H and O–H groups in total. The van der Waals surface area contributed by atoms with Gasteiger partial charge in [-0.05, 0) is 69.6 Å². The highest BCUT2D eigenvalue weighted by Crippen LogP contribution is 2.17. The van der Waals surface area contributed by atoms with E-state index in [4.69, 9.17) is 0 Å². The van der Waals surface area contributed by atoms with E-state index in [9.17, 15) is 13.2 Å². The van der Waals surface area contributed by atoms with Gasteiger partial charge in [0.1, 0.15) is 0 Å². The monoisotopic (exact) mass is 423 g/mol. The van der Waals surface area contributed by atoms with Crippen molar-refractivity contribution in [3.05, 3.63) is 59.7 Å². The molecule has 1 aliphatic heterocycles. The van der Waals surface area contributed by atoms with Crippen molar-refractivity contribution in [2.24, 2.45) is 0 Å². The van der Waals surface area contributed by atoms with E-state index in [1.54, 1.807) is 24.3 Å². The molecular weight excluding hydrogens is 398 g/mol. The molecule has 1 fully saturated rings. The molecule has 1 amide bonds. The molecule has 0 aromatic heterocycles. The number of benzene rings is 2. The van der Waals surface area contributed by atoms with Crippen LogP contribution in [0.2, 0.25) is 0 Å². The van der Waals surface area contributed by atoms with Gasteiger partial charge in [0.05, 0.1) is 4.90 Å². The maximum absolute atomic E-state index is 12.5. The van der Waals surface area contributed by atoms with E-state index in [1.165, 1.54) is 12.1 Å². The van der Waals surface area contributed by atoms with Gasteiger partial charge in [-0.1, -0.05) is 17.7 Å². The standard InChI is InChI=1S/C20H25N3O3S.ClH/c1-14-3-7-17(8-4-14)23-27(25,26)19-9-5-16(6-10-19)20(24)22-18-11-12-21-15(2)13-18;/h3-10,15,18,21,23H,11-13H2,1-2H3,(H,22,24);1H. The van der Waals surface area contributed by atoms with Crippen LogP contribution in [0.4, 0.5) is 5.69 Å². The minimum atomic E-state index is -3.69. The summed E-state index contributed by atoms with van der Waals surface area (Å²) in [6, 6.07) is 13.6. The molecule has 0 spiro atoms. The largest absolute Gasteiger partial charge is 0.349 e. The Balaban J connectivity index is 0.00000280. The van der Waals surface area contributed by atoms with Crippen LogP contribution in [0.15, 0.2) is 53.4 Å². The molecule has 8 heteroatoms. The second-order valence-corrected chi connectivity index (χ2v) is 8.73. The molecule has 1 heterocycles. The zero-order chi connectivity index (χ0) is 19.4. The van der Waals surface area contributed by atoms with Crippen LogP contribution in [-0.4, -0.2) is 33.0 Å². The molecule has 0 bridgehead atoms. The summed E-state index contributed by atoms with van der Waals surface area (Å²) in [6.45, 7) is 4.92. The van der Waals surface area contributed by atoms with Gasteiger partial charge < -0.3 is 10.6 Å². The number of nitrogens with one attached hydrogen (secondary N) is 3. The number of aryl methyl sites for hydroxylation is 1. The number of rotatable bonds is 5. The van der Waals surface area contributed by atoms with E-state index in [0.717, 1.165) is 24.9 Å². The van der Waals surface area contributed by atoms with E-state index < -0.39 is 10.0 Å². The van der Waals surface area contributed by atoms with Gasteiger partial charge in [0.2, 0.25) is 0 Å². The fraction of sp³-hybridized carbons (Fsp3) is 0.350. The van der Waals surface area contributed by atoms with Crippen molar-refractivity contribution in [1.29, 1.82) is 0 Å². The lowest BCUT2D eigenvalue weighted by atomic mass is 10.0. The van der Waals surface area contributed by atoms with Gasteiger partial charge in [-0.15, -0.1) is 12.4 Å². The third kappa shape index (κ3) is 5.70. The maximum atomic E-state index is 12.5. The first kappa shape index (κ1) is 22.2. The van der Waals surface area contributed by atoms with Crippen LogP contribution in [0.25, 0.3) is 0 Å². The summed E-state index contributed by atoms with van der Waals surface area (Å²) in [5, 5.41) is 6.37. The van der Waals surface area contributed by atoms with E-state index in [0.29, 0.717) is 17.3 Å². The molecule has 0 aliphatic carbocycles. The van der Waals surface area contributed by atoms with Crippen molar-refractivity contribution in [1.82, 2.24) is 10.6 Å². The molecule has 2 aromatic carbocycles. The molecule has 1 saturated heterocycles. The average Bonchev–Trinajstić information content (AvgIpc) is 2.63. The molecule has 3 rings (SSSR count). The zero-order valence-electron chi connectivity index (χ0n) is 15.9. The van der Waals surface area contributed by atoms with Crippen LogP contribution < -0.4 is 15.4 Å². The Hall–Kier alpha value is -2.09. The maximum Gasteiger partial charge on any atom is 0.261 e. The third-order valence-corrected chi connectivity index (χ3v) is 6.09.